The third-order valence-corrected chi connectivity index (χ3v) is 10.4. The smallest absolute Gasteiger partial charge is 0.407 e. The average molecular weight is 647 g/mol. The number of piperazine rings is 1. The number of nitrogens with two attached hydrogens (primary N) is 1. The summed E-state index contributed by atoms with van der Waals surface area (Å²) in [5.74, 6) is -0.00663. The molecule has 0 unspecified atom stereocenters. The van der Waals surface area contributed by atoms with Crippen molar-refractivity contribution in [2.45, 2.75) is 11.8 Å². The molecule has 1 aliphatic heterocycles. The van der Waals surface area contributed by atoms with Gasteiger partial charge in [-0.15, -0.1) is 0 Å². The number of thiazole rings is 1. The van der Waals surface area contributed by atoms with E-state index in [0.717, 1.165) is 20.9 Å². The van der Waals surface area contributed by atoms with Gasteiger partial charge in [0.1, 0.15) is 45.3 Å². The number of pyridine rings is 1. The highest BCUT2D eigenvalue weighted by atomic mass is 32.2. The van der Waals surface area contributed by atoms with Gasteiger partial charge in [0.25, 0.3) is 10.0 Å². The van der Waals surface area contributed by atoms with Gasteiger partial charge < -0.3 is 25.5 Å². The number of halogens is 1. The Hall–Kier alpha value is -5.20. The summed E-state index contributed by atoms with van der Waals surface area (Å²) in [4.78, 5) is 26.1. The molecule has 1 amide bonds. The lowest BCUT2D eigenvalue weighted by Crippen LogP contribution is -2.48. The average Bonchev–Trinajstić information content (AvgIpc) is 3.60. The number of benzene rings is 2. The second kappa shape index (κ2) is 11.4. The summed E-state index contributed by atoms with van der Waals surface area (Å²) in [6.07, 6.45) is -0.992. The monoisotopic (exact) mass is 646 g/mol. The van der Waals surface area contributed by atoms with Gasteiger partial charge in [-0.05, 0) is 55.5 Å². The fraction of sp³-hybridized carbons (Fsp3) is 0.200. The molecule has 0 spiro atoms. The summed E-state index contributed by atoms with van der Waals surface area (Å²) in [7, 11) is -2.53. The zero-order valence-corrected chi connectivity index (χ0v) is 25.8. The van der Waals surface area contributed by atoms with Gasteiger partial charge in [-0.1, -0.05) is 29.0 Å². The maximum absolute atomic E-state index is 14.0. The number of aryl methyl sites for hydroxylation is 1. The van der Waals surface area contributed by atoms with Gasteiger partial charge in [0.15, 0.2) is 5.13 Å². The van der Waals surface area contributed by atoms with Crippen LogP contribution in [0.5, 0.6) is 0 Å². The van der Waals surface area contributed by atoms with Crippen molar-refractivity contribution in [3.8, 4) is 17.3 Å². The van der Waals surface area contributed by atoms with Crippen LogP contribution >= 0.6 is 11.3 Å². The summed E-state index contributed by atoms with van der Waals surface area (Å²) >= 11 is 1.08. The summed E-state index contributed by atoms with van der Waals surface area (Å²) in [6.45, 7) is 3.22. The first-order valence-corrected chi connectivity index (χ1v) is 16.0. The van der Waals surface area contributed by atoms with Crippen molar-refractivity contribution in [2.75, 3.05) is 48.8 Å². The molecule has 4 heterocycles. The van der Waals surface area contributed by atoms with E-state index in [1.54, 1.807) is 36.2 Å². The first-order valence-electron chi connectivity index (χ1n) is 13.8. The van der Waals surface area contributed by atoms with Crippen LogP contribution in [0.4, 0.5) is 31.6 Å². The number of rotatable bonds is 6. The minimum Gasteiger partial charge on any atom is -0.465 e. The predicted octanol–water partition coefficient (Wildman–Crippen LogP) is 4.87. The maximum atomic E-state index is 14.0. The van der Waals surface area contributed by atoms with Crippen molar-refractivity contribution >= 4 is 60.9 Å². The number of nitrogens with zero attached hydrogens (tertiary/aromatic N) is 7. The van der Waals surface area contributed by atoms with Crippen LogP contribution in [0.25, 0.3) is 22.3 Å². The van der Waals surface area contributed by atoms with Crippen LogP contribution < -0.4 is 15.5 Å². The van der Waals surface area contributed by atoms with Crippen LogP contribution in [0.2, 0.25) is 0 Å². The molecule has 3 N–H and O–H groups in total. The van der Waals surface area contributed by atoms with Crippen LogP contribution in [0, 0.1) is 24.1 Å². The molecule has 1 fully saturated rings. The zero-order valence-electron chi connectivity index (χ0n) is 24.2. The Morgan fingerprint density at radius 1 is 1.04 bits per heavy atom. The third kappa shape index (κ3) is 5.28. The molecule has 0 bridgehead atoms. The molecule has 0 aliphatic carbocycles. The summed E-state index contributed by atoms with van der Waals surface area (Å²) in [6, 6.07) is 17.5. The van der Waals surface area contributed by atoms with E-state index in [-0.39, 0.29) is 45.4 Å². The Bertz CT molecular complexity index is 2080. The molecule has 45 heavy (non-hydrogen) atoms. The highest BCUT2D eigenvalue weighted by Crippen LogP contribution is 2.43. The van der Waals surface area contributed by atoms with Gasteiger partial charge in [0.05, 0.1) is 10.4 Å². The van der Waals surface area contributed by atoms with Crippen molar-refractivity contribution in [3.63, 3.8) is 0 Å². The molecule has 1 aliphatic rings. The van der Waals surface area contributed by atoms with E-state index in [4.69, 9.17) is 10.7 Å². The Balaban J connectivity index is 1.51. The molecule has 12 nitrogen and oxygen atoms in total. The molecule has 0 saturated carbocycles. The van der Waals surface area contributed by atoms with Crippen LogP contribution in [0.3, 0.4) is 0 Å². The van der Waals surface area contributed by atoms with Crippen molar-refractivity contribution in [3.05, 3.63) is 76.9 Å². The molecule has 5 aromatic rings. The number of carbonyl (C=O) groups is 1. The first-order chi connectivity index (χ1) is 21.5. The number of hydrogen-bond acceptors (Lipinski definition) is 10. The van der Waals surface area contributed by atoms with Gasteiger partial charge in [0, 0.05) is 38.8 Å². The minimum atomic E-state index is -4.18. The molecule has 0 atom stereocenters. The van der Waals surface area contributed by atoms with Gasteiger partial charge >= 0.3 is 6.09 Å². The fourth-order valence-electron chi connectivity index (χ4n) is 5.26. The molecule has 0 radical (unpaired) electrons. The molecular formula is C30H27FN8O4S2. The quantitative estimate of drug-likeness (QED) is 0.260. The molecule has 6 rings (SSSR count). The fourth-order valence-corrected chi connectivity index (χ4v) is 7.56. The third-order valence-electron chi connectivity index (χ3n) is 7.65. The van der Waals surface area contributed by atoms with E-state index >= 15 is 0 Å². The Kier molecular flexibility index (Phi) is 7.55. The zero-order chi connectivity index (χ0) is 32.0. The van der Waals surface area contributed by atoms with Crippen LogP contribution in [-0.4, -0.2) is 71.7 Å². The SMILES string of the molecule is Cc1ccc(S(=O)(=O)n2c(N)c(N(C)c3nc(-c4ccc(F)cc4)c(C#N)s3)c3nc(N4CCN(C(=O)O)CC4)ccc32)cc1. The standard InChI is InChI=1S/C30H27FN8O4S2/c1-18-3-9-21(10-4-18)45(42,43)39-22-11-12-24(37-13-15-38(16-14-37)30(40)41)34-26(22)27(28(39)33)36(2)29-35-25(23(17-32)44-29)19-5-7-20(31)8-6-19/h3-12H,13-16,33H2,1-2H3,(H,40,41). The van der Waals surface area contributed by atoms with Crippen molar-refractivity contribution in [1.82, 2.24) is 18.8 Å². The second-order valence-electron chi connectivity index (χ2n) is 10.5. The van der Waals surface area contributed by atoms with Gasteiger partial charge in [-0.25, -0.2) is 31.5 Å². The van der Waals surface area contributed by atoms with Crippen molar-refractivity contribution in [1.29, 1.82) is 5.26 Å². The van der Waals surface area contributed by atoms with E-state index in [9.17, 15) is 28.0 Å². The molecule has 2 aromatic carbocycles. The van der Waals surface area contributed by atoms with E-state index < -0.39 is 21.9 Å². The van der Waals surface area contributed by atoms with E-state index in [1.807, 2.05) is 11.8 Å². The Morgan fingerprint density at radius 2 is 1.71 bits per heavy atom. The summed E-state index contributed by atoms with van der Waals surface area (Å²) in [5.41, 5.74) is 9.24. The number of hydrogen-bond donors (Lipinski definition) is 2. The van der Waals surface area contributed by atoms with Crippen LogP contribution in [-0.2, 0) is 10.0 Å². The lowest BCUT2D eigenvalue weighted by molar-refractivity contribution is 0.142. The highest BCUT2D eigenvalue weighted by molar-refractivity contribution is 7.90. The number of carboxylic acid groups (broad SMARTS) is 1. The van der Waals surface area contributed by atoms with Gasteiger partial charge in [-0.3, -0.25) is 0 Å². The first kappa shape index (κ1) is 29.9. The number of amides is 1. The molecule has 3 aromatic heterocycles. The van der Waals surface area contributed by atoms with E-state index in [0.29, 0.717) is 35.3 Å². The maximum Gasteiger partial charge on any atom is 0.407 e. The highest BCUT2D eigenvalue weighted by Gasteiger charge is 2.31. The largest absolute Gasteiger partial charge is 0.465 e. The van der Waals surface area contributed by atoms with Gasteiger partial charge in [-0.2, -0.15) is 5.26 Å². The van der Waals surface area contributed by atoms with E-state index in [2.05, 4.69) is 11.1 Å². The molecule has 15 heteroatoms. The number of nitrogen functional groups attached to an aromatic ring is 1. The normalized spacial score (nSPS) is 13.6. The molecule has 230 valence electrons. The number of aromatic nitrogens is 3. The Morgan fingerprint density at radius 3 is 2.33 bits per heavy atom. The Labute approximate surface area is 262 Å². The van der Waals surface area contributed by atoms with Crippen molar-refractivity contribution < 1.29 is 22.7 Å². The van der Waals surface area contributed by atoms with E-state index in [1.165, 1.54) is 41.3 Å². The topological polar surface area (TPSA) is 162 Å². The number of nitriles is 1. The van der Waals surface area contributed by atoms with Crippen LogP contribution in [0.15, 0.2) is 65.6 Å². The number of anilines is 4. The molecule has 1 saturated heterocycles. The van der Waals surface area contributed by atoms with Crippen LogP contribution in [0.1, 0.15) is 10.4 Å². The van der Waals surface area contributed by atoms with Crippen molar-refractivity contribution in [2.24, 2.45) is 0 Å². The molecular weight excluding hydrogens is 620 g/mol. The summed E-state index contributed by atoms with van der Waals surface area (Å²) < 4.78 is 42.7. The second-order valence-corrected chi connectivity index (χ2v) is 13.2. The summed E-state index contributed by atoms with van der Waals surface area (Å²) in [5, 5.41) is 19.6. The number of fused-ring (bicyclic) bond motifs is 1. The lowest BCUT2D eigenvalue weighted by atomic mass is 10.1. The minimum absolute atomic E-state index is 0.0411. The lowest BCUT2D eigenvalue weighted by Gasteiger charge is -2.33. The predicted molar refractivity (Wildman–Crippen MR) is 170 cm³/mol. The van der Waals surface area contributed by atoms with Gasteiger partial charge in [0.2, 0.25) is 0 Å².